The summed E-state index contributed by atoms with van der Waals surface area (Å²) in [5, 5.41) is 9.49. The van der Waals surface area contributed by atoms with Gasteiger partial charge in [-0.2, -0.15) is 0 Å². The molecule has 0 rings (SSSR count). The number of hydrogen-bond acceptors (Lipinski definition) is 4. The maximum Gasteiger partial charge on any atom is 0.235 e. The fourth-order valence-electron chi connectivity index (χ4n) is 1.12. The van der Waals surface area contributed by atoms with Crippen molar-refractivity contribution >= 4 is 19.5 Å². The number of aliphatic hydroxyl groups excluding tert-OH is 1. The summed E-state index contributed by atoms with van der Waals surface area (Å²) in [6.07, 6.45) is -1.54. The third-order valence-corrected chi connectivity index (χ3v) is 3.38. The third-order valence-electron chi connectivity index (χ3n) is 1.97. The summed E-state index contributed by atoms with van der Waals surface area (Å²) in [6, 6.07) is 0. The van der Waals surface area contributed by atoms with Crippen molar-refractivity contribution in [1.82, 2.24) is 0 Å². The van der Waals surface area contributed by atoms with Crippen molar-refractivity contribution in [2.45, 2.75) is 13.0 Å². The molecule has 0 aliphatic rings. The number of carbonyl (C=O) groups excluding carboxylic acids is 2. The quantitative estimate of drug-likeness (QED) is 0.388. The molecule has 2 atom stereocenters. The van der Waals surface area contributed by atoms with Crippen molar-refractivity contribution in [1.29, 1.82) is 0 Å². The van der Waals surface area contributed by atoms with Gasteiger partial charge in [-0.25, -0.2) is 0 Å². The van der Waals surface area contributed by atoms with E-state index in [4.69, 9.17) is 0 Å². The summed E-state index contributed by atoms with van der Waals surface area (Å²) >= 11 is 0. The minimum Gasteiger partial charge on any atom is -0.384 e. The Morgan fingerprint density at radius 2 is 1.82 bits per heavy atom. The van der Waals surface area contributed by atoms with E-state index in [9.17, 15) is 19.6 Å². The molecule has 0 aliphatic heterocycles. The van der Waals surface area contributed by atoms with Crippen molar-refractivity contribution in [3.8, 4) is 0 Å². The van der Waals surface area contributed by atoms with Crippen LogP contribution in [-0.2, 0) is 9.59 Å². The summed E-state index contributed by atoms with van der Waals surface area (Å²) in [7, 11) is 3.52. The van der Waals surface area contributed by atoms with Gasteiger partial charge in [-0.05, 0) is 12.5 Å². The predicted molar refractivity (Wildman–Crippen MR) is 67.7 cm³/mol. The lowest BCUT2D eigenvalue weighted by molar-refractivity contribution is -0.861. The molecule has 6 heteroatoms. The van der Waals surface area contributed by atoms with E-state index in [1.165, 1.54) is 6.92 Å². The summed E-state index contributed by atoms with van der Waals surface area (Å²) in [5.74, 6) is -0.524. The van der Waals surface area contributed by atoms with Crippen LogP contribution in [-0.4, -0.2) is 65.7 Å². The molecular formula is C11H21NO4P+. The number of aliphatic hydroxyl groups is 1. The second-order valence-electron chi connectivity index (χ2n) is 5.08. The summed E-state index contributed by atoms with van der Waals surface area (Å²) in [4.78, 5) is 32.6. The Labute approximate surface area is 103 Å². The normalized spacial score (nSPS) is 15.2. The number of Topliss-reactive ketones (excluding diaryl/α,β-unsaturated/α-hetero) is 1. The summed E-state index contributed by atoms with van der Waals surface area (Å²) < 4.78 is 0.406. The van der Waals surface area contributed by atoms with E-state index in [0.29, 0.717) is 4.48 Å². The number of nitrogens with zero attached hydrogens (tertiary/aromatic N) is 1. The van der Waals surface area contributed by atoms with Crippen molar-refractivity contribution in [3.05, 3.63) is 12.2 Å². The Kier molecular flexibility index (Phi) is 6.13. The molecule has 2 unspecified atom stereocenters. The predicted octanol–water partition coefficient (Wildman–Crippen LogP) is 0.114. The third kappa shape index (κ3) is 6.64. The van der Waals surface area contributed by atoms with Gasteiger partial charge in [-0.1, -0.05) is 6.58 Å². The van der Waals surface area contributed by atoms with E-state index < -0.39 is 20.0 Å². The first-order chi connectivity index (χ1) is 7.54. The number of carbonyl (C=O) groups is 2. The molecule has 0 aliphatic carbocycles. The Balaban J connectivity index is 4.35. The second kappa shape index (κ2) is 6.36. The molecule has 0 amide bonds. The van der Waals surface area contributed by atoms with Crippen LogP contribution < -0.4 is 0 Å². The molecule has 5 nitrogen and oxygen atoms in total. The van der Waals surface area contributed by atoms with Gasteiger partial charge in [0.2, 0.25) is 5.52 Å². The van der Waals surface area contributed by atoms with Crippen LogP contribution in [0, 0.1) is 0 Å². The second-order valence-corrected chi connectivity index (χ2v) is 6.75. The highest BCUT2D eigenvalue weighted by atomic mass is 31.1. The molecule has 0 radical (unpaired) electrons. The van der Waals surface area contributed by atoms with E-state index >= 15 is 0 Å². The Morgan fingerprint density at radius 3 is 2.18 bits per heavy atom. The van der Waals surface area contributed by atoms with Gasteiger partial charge in [-0.3, -0.25) is 9.59 Å². The Bertz CT molecular complexity index is 322. The van der Waals surface area contributed by atoms with Gasteiger partial charge in [0, 0.05) is 6.16 Å². The maximum atomic E-state index is 11.6. The number of rotatable bonds is 7. The van der Waals surface area contributed by atoms with E-state index in [-0.39, 0.29) is 23.8 Å². The number of likely N-dealkylation sites (N-methyl/N-ethyl adjacent to an activating group) is 1. The first-order valence-corrected chi connectivity index (χ1v) is 6.70. The molecule has 17 heavy (non-hydrogen) atoms. The van der Waals surface area contributed by atoms with Crippen molar-refractivity contribution < 1.29 is 24.1 Å². The lowest BCUT2D eigenvalue weighted by Crippen LogP contribution is -2.39. The molecule has 0 spiro atoms. The lowest BCUT2D eigenvalue weighted by Gasteiger charge is -2.24. The average molecular weight is 262 g/mol. The van der Waals surface area contributed by atoms with Crippen LogP contribution >= 0.6 is 8.15 Å². The molecule has 0 saturated heterocycles. The Morgan fingerprint density at radius 1 is 1.35 bits per heavy atom. The monoisotopic (exact) mass is 262 g/mol. The molecule has 0 aromatic carbocycles. The molecule has 0 fully saturated rings. The van der Waals surface area contributed by atoms with E-state index in [1.807, 2.05) is 21.1 Å². The van der Waals surface area contributed by atoms with Gasteiger partial charge in [0.25, 0.3) is 0 Å². The average Bonchev–Trinajstić information content (AvgIpc) is 2.13. The lowest BCUT2D eigenvalue weighted by atomic mass is 10.1. The van der Waals surface area contributed by atoms with Crippen molar-refractivity contribution in [3.63, 3.8) is 0 Å². The fraction of sp³-hybridized carbons (Fsp3) is 0.636. The maximum absolute atomic E-state index is 11.6. The largest absolute Gasteiger partial charge is 0.384 e. The van der Waals surface area contributed by atoms with Crippen molar-refractivity contribution in [2.75, 3.05) is 33.8 Å². The first-order valence-electron chi connectivity index (χ1n) is 5.22. The molecule has 98 valence electrons. The van der Waals surface area contributed by atoms with E-state index in [2.05, 4.69) is 6.58 Å². The fourth-order valence-corrected chi connectivity index (χ4v) is 2.40. The summed E-state index contributed by atoms with van der Waals surface area (Å²) in [6.45, 7) is 5.08. The Hall–Kier alpha value is -0.610. The van der Waals surface area contributed by atoms with Gasteiger partial charge in [0.05, 0.1) is 21.1 Å². The molecular weight excluding hydrogens is 241 g/mol. The number of ketones is 1. The molecule has 0 aromatic rings. The van der Waals surface area contributed by atoms with Crippen LogP contribution in [0.1, 0.15) is 6.92 Å². The zero-order valence-electron chi connectivity index (χ0n) is 10.8. The van der Waals surface area contributed by atoms with E-state index in [0.717, 1.165) is 0 Å². The highest BCUT2D eigenvalue weighted by Crippen LogP contribution is 2.32. The SMILES string of the molecule is C=C(C)C(=O)C(O)CP(O)C(=O)C[N+](C)(C)C. The van der Waals surface area contributed by atoms with Gasteiger partial charge in [0.1, 0.15) is 20.8 Å². The molecule has 2 N–H and O–H groups in total. The topological polar surface area (TPSA) is 74.6 Å². The smallest absolute Gasteiger partial charge is 0.235 e. The minimum atomic E-state index is -1.97. The van der Waals surface area contributed by atoms with Crippen LogP contribution in [0.4, 0.5) is 0 Å². The highest BCUT2D eigenvalue weighted by molar-refractivity contribution is 7.69. The van der Waals surface area contributed by atoms with Crippen LogP contribution in [0.25, 0.3) is 0 Å². The van der Waals surface area contributed by atoms with Crippen LogP contribution in [0.15, 0.2) is 12.2 Å². The van der Waals surface area contributed by atoms with Crippen molar-refractivity contribution in [2.24, 2.45) is 0 Å². The van der Waals surface area contributed by atoms with E-state index in [1.54, 1.807) is 0 Å². The number of hydrogen-bond donors (Lipinski definition) is 2. The van der Waals surface area contributed by atoms with Crippen LogP contribution in [0.3, 0.4) is 0 Å². The molecule has 0 saturated carbocycles. The van der Waals surface area contributed by atoms with Gasteiger partial charge >= 0.3 is 0 Å². The van der Waals surface area contributed by atoms with Gasteiger partial charge in [0.15, 0.2) is 5.78 Å². The molecule has 0 aromatic heterocycles. The van der Waals surface area contributed by atoms with Gasteiger partial charge in [-0.15, -0.1) is 0 Å². The van der Waals surface area contributed by atoms with Crippen LogP contribution in [0.2, 0.25) is 0 Å². The summed E-state index contributed by atoms with van der Waals surface area (Å²) in [5.41, 5.74) is -0.0963. The molecule has 0 heterocycles. The standard InChI is InChI=1S/C11H21NO4P/c1-8(2)11(15)9(13)7-17(16)10(14)6-12(3,4)5/h9,13,16H,1,6-7H2,2-5H3/q+1. The first kappa shape index (κ1) is 16.4. The zero-order valence-corrected chi connectivity index (χ0v) is 11.7. The molecule has 0 bridgehead atoms. The van der Waals surface area contributed by atoms with Crippen LogP contribution in [0.5, 0.6) is 0 Å². The van der Waals surface area contributed by atoms with Gasteiger partial charge < -0.3 is 14.5 Å². The highest BCUT2D eigenvalue weighted by Gasteiger charge is 2.27. The zero-order chi connectivity index (χ0) is 13.8. The minimum absolute atomic E-state index is 0.177. The number of quaternary nitrogens is 1.